The molecule has 1 aromatic heterocycles. The number of carbonyl (C=O) groups is 1. The number of methoxy groups -OCH3 is 1. The molecular formula is C17H12ClF2N5O2. The first-order chi connectivity index (χ1) is 13.0. The van der Waals surface area contributed by atoms with Crippen LogP contribution in [0.5, 0.6) is 0 Å². The molecule has 0 bridgehead atoms. The van der Waals surface area contributed by atoms with Crippen LogP contribution in [0.15, 0.2) is 42.6 Å². The molecule has 3 rings (SSSR count). The lowest BCUT2D eigenvalue weighted by atomic mass is 10.2. The fraction of sp³-hybridized carbons (Fsp3) is 0.0588. The second-order valence-electron chi connectivity index (χ2n) is 5.23. The number of rotatable bonds is 5. The third kappa shape index (κ3) is 4.45. The van der Waals surface area contributed by atoms with Gasteiger partial charge in [0.25, 0.3) is 0 Å². The minimum Gasteiger partial charge on any atom is -0.465 e. The number of hydrogen-bond donors (Lipinski definition) is 2. The maximum absolute atomic E-state index is 13.3. The maximum Gasteiger partial charge on any atom is 0.337 e. The van der Waals surface area contributed by atoms with Crippen LogP contribution in [-0.2, 0) is 4.74 Å². The van der Waals surface area contributed by atoms with Gasteiger partial charge in [-0.15, -0.1) is 5.10 Å². The highest BCUT2D eigenvalue weighted by Gasteiger charge is 2.11. The van der Waals surface area contributed by atoms with E-state index in [0.29, 0.717) is 10.7 Å². The molecule has 1 heterocycles. The number of benzene rings is 2. The minimum atomic E-state index is -0.994. The molecule has 0 spiro atoms. The van der Waals surface area contributed by atoms with Crippen LogP contribution in [0, 0.1) is 11.6 Å². The van der Waals surface area contributed by atoms with E-state index in [1.807, 2.05) is 0 Å². The van der Waals surface area contributed by atoms with Crippen molar-refractivity contribution < 1.29 is 18.3 Å². The maximum atomic E-state index is 13.3. The Morgan fingerprint density at radius 1 is 1.11 bits per heavy atom. The van der Waals surface area contributed by atoms with Gasteiger partial charge in [-0.05, 0) is 30.3 Å². The van der Waals surface area contributed by atoms with Crippen molar-refractivity contribution in [1.82, 2.24) is 15.2 Å². The van der Waals surface area contributed by atoms with Crippen LogP contribution in [0.4, 0.5) is 31.9 Å². The van der Waals surface area contributed by atoms with Crippen LogP contribution >= 0.6 is 11.6 Å². The highest BCUT2D eigenvalue weighted by molar-refractivity contribution is 6.33. The number of halogens is 3. The van der Waals surface area contributed by atoms with Crippen molar-refractivity contribution >= 4 is 40.7 Å². The summed E-state index contributed by atoms with van der Waals surface area (Å²) >= 11 is 6.11. The molecule has 0 saturated heterocycles. The number of nitrogens with zero attached hydrogens (tertiary/aromatic N) is 3. The van der Waals surface area contributed by atoms with E-state index in [-0.39, 0.29) is 23.0 Å². The fourth-order valence-corrected chi connectivity index (χ4v) is 2.29. The Hall–Kier alpha value is -3.33. The summed E-state index contributed by atoms with van der Waals surface area (Å²) < 4.78 is 31.0. The third-order valence-corrected chi connectivity index (χ3v) is 3.71. The van der Waals surface area contributed by atoms with Gasteiger partial charge >= 0.3 is 5.97 Å². The van der Waals surface area contributed by atoms with E-state index in [4.69, 9.17) is 11.6 Å². The van der Waals surface area contributed by atoms with Crippen molar-refractivity contribution in [3.8, 4) is 0 Å². The number of hydrogen-bond acceptors (Lipinski definition) is 7. The van der Waals surface area contributed by atoms with E-state index in [1.165, 1.54) is 37.6 Å². The third-order valence-electron chi connectivity index (χ3n) is 3.38. The van der Waals surface area contributed by atoms with Crippen LogP contribution in [0.3, 0.4) is 0 Å². The number of carbonyl (C=O) groups excluding carboxylic acids is 1. The molecule has 0 fully saturated rings. The fourth-order valence-electron chi connectivity index (χ4n) is 2.12. The molecule has 7 nitrogen and oxygen atoms in total. The second-order valence-corrected chi connectivity index (χ2v) is 5.64. The molecule has 0 aliphatic rings. The Bertz CT molecular complexity index is 1000. The zero-order valence-electron chi connectivity index (χ0n) is 13.8. The average Bonchev–Trinajstić information content (AvgIpc) is 2.66. The van der Waals surface area contributed by atoms with Crippen LogP contribution in [-0.4, -0.2) is 28.3 Å². The van der Waals surface area contributed by atoms with Crippen LogP contribution < -0.4 is 10.6 Å². The summed E-state index contributed by atoms with van der Waals surface area (Å²) in [6.07, 6.45) is 1.30. The van der Waals surface area contributed by atoms with E-state index in [0.717, 1.165) is 12.1 Å². The topological polar surface area (TPSA) is 89.0 Å². The summed E-state index contributed by atoms with van der Waals surface area (Å²) in [6.45, 7) is 0. The van der Waals surface area contributed by atoms with Gasteiger partial charge in [-0.25, -0.2) is 13.6 Å². The molecule has 0 radical (unpaired) electrons. The number of nitrogens with one attached hydrogen (secondary N) is 2. The molecule has 3 aromatic rings. The molecule has 0 atom stereocenters. The first-order valence-corrected chi connectivity index (χ1v) is 7.91. The quantitative estimate of drug-likeness (QED) is 0.633. The highest BCUT2D eigenvalue weighted by atomic mass is 35.5. The molecule has 0 aliphatic heterocycles. The number of aromatic nitrogens is 3. The average molecular weight is 392 g/mol. The lowest BCUT2D eigenvalue weighted by Crippen LogP contribution is -2.05. The Balaban J connectivity index is 1.82. The molecule has 10 heteroatoms. The van der Waals surface area contributed by atoms with Crippen molar-refractivity contribution in [3.63, 3.8) is 0 Å². The van der Waals surface area contributed by atoms with E-state index >= 15 is 0 Å². The zero-order chi connectivity index (χ0) is 19.4. The first kappa shape index (κ1) is 18.5. The van der Waals surface area contributed by atoms with E-state index < -0.39 is 17.6 Å². The Labute approximate surface area is 157 Å². The molecule has 2 N–H and O–H groups in total. The summed E-state index contributed by atoms with van der Waals surface area (Å²) in [7, 11) is 1.27. The van der Waals surface area contributed by atoms with Crippen LogP contribution in [0.25, 0.3) is 0 Å². The van der Waals surface area contributed by atoms with Crippen molar-refractivity contribution in [1.29, 1.82) is 0 Å². The lowest BCUT2D eigenvalue weighted by molar-refractivity contribution is 0.0601. The van der Waals surface area contributed by atoms with Gasteiger partial charge in [0.2, 0.25) is 5.95 Å². The molecule has 2 aromatic carbocycles. The Morgan fingerprint density at radius 3 is 2.67 bits per heavy atom. The molecule has 0 saturated carbocycles. The Morgan fingerprint density at radius 2 is 1.93 bits per heavy atom. The summed E-state index contributed by atoms with van der Waals surface area (Å²) in [5.41, 5.74) is 0.936. The monoisotopic (exact) mass is 391 g/mol. The zero-order valence-corrected chi connectivity index (χ0v) is 14.6. The van der Waals surface area contributed by atoms with Gasteiger partial charge in [-0.2, -0.15) is 10.1 Å². The van der Waals surface area contributed by atoms with Gasteiger partial charge in [0.15, 0.2) is 17.5 Å². The molecular weight excluding hydrogens is 380 g/mol. The van der Waals surface area contributed by atoms with Gasteiger partial charge < -0.3 is 15.4 Å². The predicted molar refractivity (Wildman–Crippen MR) is 95.5 cm³/mol. The van der Waals surface area contributed by atoms with Crippen molar-refractivity contribution in [2.24, 2.45) is 0 Å². The SMILES string of the molecule is COC(=O)c1ccc(Cl)c(Nc2nncc(Nc3ccc(F)c(F)c3)n2)c1. The number of esters is 1. The normalized spacial score (nSPS) is 10.4. The van der Waals surface area contributed by atoms with Gasteiger partial charge in [0, 0.05) is 11.8 Å². The molecule has 0 unspecified atom stereocenters. The molecule has 138 valence electrons. The summed E-state index contributed by atoms with van der Waals surface area (Å²) in [6, 6.07) is 7.84. The Kier molecular flexibility index (Phi) is 5.41. The predicted octanol–water partition coefficient (Wildman–Crippen LogP) is 4.08. The second kappa shape index (κ2) is 7.92. The first-order valence-electron chi connectivity index (χ1n) is 7.53. The van der Waals surface area contributed by atoms with Gasteiger partial charge in [0.1, 0.15) is 0 Å². The van der Waals surface area contributed by atoms with Gasteiger partial charge in [-0.3, -0.25) is 0 Å². The summed E-state index contributed by atoms with van der Waals surface area (Å²) in [5, 5.41) is 13.6. The number of ether oxygens (including phenoxy) is 1. The van der Waals surface area contributed by atoms with Crippen molar-refractivity contribution in [3.05, 3.63) is 64.8 Å². The highest BCUT2D eigenvalue weighted by Crippen LogP contribution is 2.26. The lowest BCUT2D eigenvalue weighted by Gasteiger charge is -2.10. The molecule has 0 aliphatic carbocycles. The van der Waals surface area contributed by atoms with E-state index in [1.54, 1.807) is 0 Å². The van der Waals surface area contributed by atoms with Crippen molar-refractivity contribution in [2.45, 2.75) is 0 Å². The standard InChI is InChI=1S/C17H12ClF2N5O2/c1-27-16(26)9-2-4-11(18)14(6-9)23-17-24-15(8-21-25-17)22-10-3-5-12(19)13(20)7-10/h2-8H,1H3,(H2,22,23,24,25). The molecule has 0 amide bonds. The van der Waals surface area contributed by atoms with E-state index in [9.17, 15) is 13.6 Å². The number of anilines is 4. The van der Waals surface area contributed by atoms with E-state index in [2.05, 4.69) is 30.6 Å². The van der Waals surface area contributed by atoms with Gasteiger partial charge in [-0.1, -0.05) is 11.6 Å². The minimum absolute atomic E-state index is 0.0755. The van der Waals surface area contributed by atoms with Crippen molar-refractivity contribution in [2.75, 3.05) is 17.7 Å². The van der Waals surface area contributed by atoms with Gasteiger partial charge in [0.05, 0.1) is 29.6 Å². The summed E-state index contributed by atoms with van der Waals surface area (Å²) in [4.78, 5) is 15.8. The van der Waals surface area contributed by atoms with Crippen LogP contribution in [0.2, 0.25) is 5.02 Å². The summed E-state index contributed by atoms with van der Waals surface area (Å²) in [5.74, 6) is -2.16. The smallest absolute Gasteiger partial charge is 0.337 e. The largest absolute Gasteiger partial charge is 0.465 e. The molecule has 27 heavy (non-hydrogen) atoms. The van der Waals surface area contributed by atoms with Crippen LogP contribution in [0.1, 0.15) is 10.4 Å².